The molecule has 3 heteroatoms. The first-order valence-electron chi connectivity index (χ1n) is 7.59. The maximum atomic E-state index is 5.86. The summed E-state index contributed by atoms with van der Waals surface area (Å²) in [7, 11) is 0. The minimum atomic E-state index is 0.196. The average molecular weight is 287 g/mol. The first-order valence-corrected chi connectivity index (χ1v) is 7.59. The van der Waals surface area contributed by atoms with E-state index in [1.54, 1.807) is 0 Å². The van der Waals surface area contributed by atoms with Gasteiger partial charge in [0.2, 0.25) is 0 Å². The highest BCUT2D eigenvalue weighted by atomic mass is 16.5. The maximum absolute atomic E-state index is 5.86. The van der Waals surface area contributed by atoms with Gasteiger partial charge < -0.3 is 14.5 Å². The number of aryl methyl sites for hydroxylation is 2. The standard InChI is InChI=1S/C18H25NO2/c1-6-12(2)21-17-9-7-8-16(11-17)19-14(4)18-10-13(3)20-15(18)5/h7-12,14,19H,6H2,1-5H3. The summed E-state index contributed by atoms with van der Waals surface area (Å²) < 4.78 is 11.5. The van der Waals surface area contributed by atoms with Gasteiger partial charge in [-0.15, -0.1) is 0 Å². The van der Waals surface area contributed by atoms with Crippen LogP contribution < -0.4 is 10.1 Å². The highest BCUT2D eigenvalue weighted by Crippen LogP contribution is 2.26. The fourth-order valence-electron chi connectivity index (χ4n) is 2.38. The SMILES string of the molecule is CCC(C)Oc1cccc(NC(C)c2cc(C)oc2C)c1. The molecular weight excluding hydrogens is 262 g/mol. The summed E-state index contributed by atoms with van der Waals surface area (Å²) in [6, 6.07) is 10.4. The van der Waals surface area contributed by atoms with Gasteiger partial charge in [0.1, 0.15) is 17.3 Å². The Bertz CT molecular complexity index is 589. The molecule has 0 bridgehead atoms. The summed E-state index contributed by atoms with van der Waals surface area (Å²) in [6.45, 7) is 10.3. The zero-order chi connectivity index (χ0) is 15.4. The Balaban J connectivity index is 2.09. The first-order chi connectivity index (χ1) is 9.99. The molecule has 0 aliphatic rings. The van der Waals surface area contributed by atoms with Crippen molar-refractivity contribution in [3.8, 4) is 5.75 Å². The fourth-order valence-corrected chi connectivity index (χ4v) is 2.38. The van der Waals surface area contributed by atoms with E-state index in [4.69, 9.17) is 9.15 Å². The topological polar surface area (TPSA) is 34.4 Å². The Labute approximate surface area is 127 Å². The van der Waals surface area contributed by atoms with Crippen molar-refractivity contribution in [2.24, 2.45) is 0 Å². The number of hydrogen-bond acceptors (Lipinski definition) is 3. The molecule has 2 rings (SSSR count). The molecule has 1 heterocycles. The molecule has 0 fully saturated rings. The van der Waals surface area contributed by atoms with E-state index >= 15 is 0 Å². The average Bonchev–Trinajstić information content (AvgIpc) is 2.78. The number of benzene rings is 1. The molecule has 1 N–H and O–H groups in total. The highest BCUT2D eigenvalue weighted by Gasteiger charge is 2.13. The van der Waals surface area contributed by atoms with Gasteiger partial charge in [0.05, 0.1) is 12.1 Å². The molecule has 0 saturated heterocycles. The Morgan fingerprint density at radius 2 is 1.95 bits per heavy atom. The van der Waals surface area contributed by atoms with Gasteiger partial charge in [0, 0.05) is 17.3 Å². The van der Waals surface area contributed by atoms with Crippen LogP contribution in [0, 0.1) is 13.8 Å². The number of ether oxygens (including phenoxy) is 1. The predicted molar refractivity (Wildman–Crippen MR) is 87.0 cm³/mol. The summed E-state index contributed by atoms with van der Waals surface area (Å²) >= 11 is 0. The number of hydrogen-bond donors (Lipinski definition) is 1. The minimum Gasteiger partial charge on any atom is -0.491 e. The normalized spacial score (nSPS) is 13.8. The minimum absolute atomic E-state index is 0.196. The van der Waals surface area contributed by atoms with Gasteiger partial charge in [-0.1, -0.05) is 13.0 Å². The molecule has 0 aliphatic heterocycles. The van der Waals surface area contributed by atoms with E-state index in [2.05, 4.69) is 38.2 Å². The summed E-state index contributed by atoms with van der Waals surface area (Å²) in [5.74, 6) is 2.83. The number of furan rings is 1. The van der Waals surface area contributed by atoms with Gasteiger partial charge in [0.15, 0.2) is 0 Å². The van der Waals surface area contributed by atoms with Crippen molar-refractivity contribution < 1.29 is 9.15 Å². The molecule has 0 amide bonds. The van der Waals surface area contributed by atoms with Crippen LogP contribution in [0.25, 0.3) is 0 Å². The molecule has 2 atom stereocenters. The van der Waals surface area contributed by atoms with Gasteiger partial charge in [-0.25, -0.2) is 0 Å². The predicted octanol–water partition coefficient (Wildman–Crippen LogP) is 5.25. The lowest BCUT2D eigenvalue weighted by Gasteiger charge is -2.17. The van der Waals surface area contributed by atoms with E-state index in [1.165, 1.54) is 5.56 Å². The smallest absolute Gasteiger partial charge is 0.121 e. The van der Waals surface area contributed by atoms with Crippen LogP contribution in [0.5, 0.6) is 5.75 Å². The molecule has 1 aromatic carbocycles. The van der Waals surface area contributed by atoms with Crippen molar-refractivity contribution in [3.63, 3.8) is 0 Å². The molecule has 3 nitrogen and oxygen atoms in total. The maximum Gasteiger partial charge on any atom is 0.121 e. The van der Waals surface area contributed by atoms with E-state index in [0.717, 1.165) is 29.4 Å². The van der Waals surface area contributed by atoms with Crippen molar-refractivity contribution in [1.29, 1.82) is 0 Å². The first kappa shape index (κ1) is 15.5. The van der Waals surface area contributed by atoms with Crippen molar-refractivity contribution in [3.05, 3.63) is 47.4 Å². The number of nitrogens with one attached hydrogen (secondary N) is 1. The third kappa shape index (κ3) is 4.03. The van der Waals surface area contributed by atoms with Crippen LogP contribution in [-0.4, -0.2) is 6.10 Å². The van der Waals surface area contributed by atoms with E-state index in [1.807, 2.05) is 32.0 Å². The lowest BCUT2D eigenvalue weighted by atomic mass is 10.1. The van der Waals surface area contributed by atoms with E-state index in [-0.39, 0.29) is 12.1 Å². The molecule has 21 heavy (non-hydrogen) atoms. The van der Waals surface area contributed by atoms with E-state index < -0.39 is 0 Å². The van der Waals surface area contributed by atoms with Gasteiger partial charge in [-0.05, 0) is 52.3 Å². The van der Waals surface area contributed by atoms with Crippen LogP contribution >= 0.6 is 0 Å². The monoisotopic (exact) mass is 287 g/mol. The van der Waals surface area contributed by atoms with E-state index in [0.29, 0.717) is 0 Å². The molecule has 0 radical (unpaired) electrons. The van der Waals surface area contributed by atoms with Crippen molar-refractivity contribution >= 4 is 5.69 Å². The molecule has 1 aromatic heterocycles. The van der Waals surface area contributed by atoms with Crippen LogP contribution in [0.2, 0.25) is 0 Å². The second-order valence-corrected chi connectivity index (χ2v) is 5.60. The second-order valence-electron chi connectivity index (χ2n) is 5.60. The van der Waals surface area contributed by atoms with Gasteiger partial charge >= 0.3 is 0 Å². The molecule has 0 spiro atoms. The van der Waals surface area contributed by atoms with Crippen molar-refractivity contribution in [2.75, 3.05) is 5.32 Å². The molecule has 2 aromatic rings. The molecular formula is C18H25NO2. The van der Waals surface area contributed by atoms with Gasteiger partial charge in [-0.3, -0.25) is 0 Å². The molecule has 2 unspecified atom stereocenters. The van der Waals surface area contributed by atoms with E-state index in [9.17, 15) is 0 Å². The zero-order valence-corrected chi connectivity index (χ0v) is 13.6. The fraction of sp³-hybridized carbons (Fsp3) is 0.444. The van der Waals surface area contributed by atoms with Crippen LogP contribution in [0.3, 0.4) is 0 Å². The Morgan fingerprint density at radius 1 is 1.19 bits per heavy atom. The Kier molecular flexibility index (Phi) is 4.94. The lowest BCUT2D eigenvalue weighted by molar-refractivity contribution is 0.217. The Morgan fingerprint density at radius 3 is 2.57 bits per heavy atom. The number of anilines is 1. The lowest BCUT2D eigenvalue weighted by Crippen LogP contribution is -2.10. The zero-order valence-electron chi connectivity index (χ0n) is 13.6. The van der Waals surface area contributed by atoms with Crippen LogP contribution in [-0.2, 0) is 0 Å². The van der Waals surface area contributed by atoms with Gasteiger partial charge in [-0.2, -0.15) is 0 Å². The summed E-state index contributed by atoms with van der Waals surface area (Å²) in [6.07, 6.45) is 1.23. The molecule has 0 saturated carbocycles. The summed E-state index contributed by atoms with van der Waals surface area (Å²) in [4.78, 5) is 0. The third-order valence-electron chi connectivity index (χ3n) is 3.68. The van der Waals surface area contributed by atoms with Crippen LogP contribution in [0.1, 0.15) is 50.3 Å². The molecule has 0 aliphatic carbocycles. The summed E-state index contributed by atoms with van der Waals surface area (Å²) in [5, 5.41) is 3.50. The Hall–Kier alpha value is -1.90. The third-order valence-corrected chi connectivity index (χ3v) is 3.68. The van der Waals surface area contributed by atoms with Crippen molar-refractivity contribution in [1.82, 2.24) is 0 Å². The summed E-state index contributed by atoms with van der Waals surface area (Å²) in [5.41, 5.74) is 2.25. The van der Waals surface area contributed by atoms with Gasteiger partial charge in [0.25, 0.3) is 0 Å². The largest absolute Gasteiger partial charge is 0.491 e. The molecule has 114 valence electrons. The van der Waals surface area contributed by atoms with Crippen LogP contribution in [0.15, 0.2) is 34.7 Å². The number of rotatable bonds is 6. The highest BCUT2D eigenvalue weighted by molar-refractivity contribution is 5.50. The second kappa shape index (κ2) is 6.70. The van der Waals surface area contributed by atoms with Crippen LogP contribution in [0.4, 0.5) is 5.69 Å². The quantitative estimate of drug-likeness (QED) is 0.788. The van der Waals surface area contributed by atoms with Crippen molar-refractivity contribution in [2.45, 2.75) is 53.2 Å².